The quantitative estimate of drug-likeness (QED) is 0.680. The lowest BCUT2D eigenvalue weighted by Crippen LogP contribution is -2.25. The molecule has 64 valence electrons. The molecular formula is C10H13NO. The van der Waals surface area contributed by atoms with Crippen molar-refractivity contribution in [3.05, 3.63) is 29.3 Å². The normalized spacial score (nSPS) is 15.1. The van der Waals surface area contributed by atoms with Crippen LogP contribution in [0.1, 0.15) is 18.1 Å². The van der Waals surface area contributed by atoms with Gasteiger partial charge in [0, 0.05) is 12.1 Å². The Kier molecular flexibility index (Phi) is 2.00. The molecule has 0 atom stereocenters. The molecule has 0 radical (unpaired) electrons. The highest BCUT2D eigenvalue weighted by Crippen LogP contribution is 2.22. The molecule has 1 aliphatic heterocycles. The van der Waals surface area contributed by atoms with Gasteiger partial charge in [-0.1, -0.05) is 19.1 Å². The highest BCUT2D eigenvalue weighted by molar-refractivity contribution is 5.38. The number of fused-ring (bicyclic) bond motifs is 1. The Morgan fingerprint density at radius 3 is 3.25 bits per heavy atom. The maximum atomic E-state index is 5.41. The van der Waals surface area contributed by atoms with Crippen molar-refractivity contribution in [1.29, 1.82) is 0 Å². The lowest BCUT2D eigenvalue weighted by Gasteiger charge is -2.18. The number of ether oxygens (including phenoxy) is 1. The van der Waals surface area contributed by atoms with Gasteiger partial charge in [-0.15, -0.1) is 0 Å². The summed E-state index contributed by atoms with van der Waals surface area (Å²) in [7, 11) is 0. The molecule has 0 spiro atoms. The van der Waals surface area contributed by atoms with Crippen molar-refractivity contribution >= 4 is 0 Å². The monoisotopic (exact) mass is 163 g/mol. The van der Waals surface area contributed by atoms with Gasteiger partial charge in [0.25, 0.3) is 0 Å². The molecule has 0 bridgehead atoms. The number of nitrogens with one attached hydrogen (secondary N) is 1. The summed E-state index contributed by atoms with van der Waals surface area (Å²) in [6.07, 6.45) is 1.09. The highest BCUT2D eigenvalue weighted by Gasteiger charge is 2.08. The van der Waals surface area contributed by atoms with Crippen LogP contribution in [0.2, 0.25) is 0 Å². The summed E-state index contributed by atoms with van der Waals surface area (Å²) in [6.45, 7) is 3.74. The van der Waals surface area contributed by atoms with Gasteiger partial charge in [-0.2, -0.15) is 0 Å². The predicted molar refractivity (Wildman–Crippen MR) is 48.2 cm³/mol. The van der Waals surface area contributed by atoms with E-state index in [1.165, 1.54) is 11.1 Å². The van der Waals surface area contributed by atoms with Gasteiger partial charge in [0.1, 0.15) is 12.5 Å². The smallest absolute Gasteiger partial charge is 0.139 e. The molecule has 2 heteroatoms. The second kappa shape index (κ2) is 3.15. The Labute approximate surface area is 72.5 Å². The third-order valence-electron chi connectivity index (χ3n) is 2.18. The van der Waals surface area contributed by atoms with Gasteiger partial charge in [0.2, 0.25) is 0 Å². The van der Waals surface area contributed by atoms with Crippen LogP contribution >= 0.6 is 0 Å². The molecule has 1 N–H and O–H groups in total. The molecule has 0 aromatic heterocycles. The first-order valence-corrected chi connectivity index (χ1v) is 4.35. The van der Waals surface area contributed by atoms with E-state index in [1.807, 2.05) is 0 Å². The number of rotatable bonds is 1. The van der Waals surface area contributed by atoms with E-state index in [0.29, 0.717) is 6.73 Å². The Morgan fingerprint density at radius 1 is 1.50 bits per heavy atom. The summed E-state index contributed by atoms with van der Waals surface area (Å²) in [5.41, 5.74) is 2.65. The molecule has 2 rings (SSSR count). The largest absolute Gasteiger partial charge is 0.478 e. The summed E-state index contributed by atoms with van der Waals surface area (Å²) in [6, 6.07) is 6.40. The minimum Gasteiger partial charge on any atom is -0.478 e. The average molecular weight is 163 g/mol. The molecule has 0 saturated carbocycles. The Morgan fingerprint density at radius 2 is 2.42 bits per heavy atom. The lowest BCUT2D eigenvalue weighted by atomic mass is 10.1. The second-order valence-corrected chi connectivity index (χ2v) is 3.01. The topological polar surface area (TPSA) is 21.3 Å². The van der Waals surface area contributed by atoms with Crippen LogP contribution in [0.4, 0.5) is 0 Å². The Hall–Kier alpha value is -1.02. The van der Waals surface area contributed by atoms with Crippen molar-refractivity contribution in [2.75, 3.05) is 6.73 Å². The van der Waals surface area contributed by atoms with Crippen LogP contribution in [0.5, 0.6) is 5.75 Å². The molecule has 1 aliphatic rings. The van der Waals surface area contributed by atoms with Crippen LogP contribution in [0.25, 0.3) is 0 Å². The van der Waals surface area contributed by atoms with Crippen molar-refractivity contribution in [1.82, 2.24) is 5.32 Å². The predicted octanol–water partition coefficient (Wildman–Crippen LogP) is 1.69. The van der Waals surface area contributed by atoms with Crippen LogP contribution in [-0.2, 0) is 13.0 Å². The molecule has 0 amide bonds. The molecule has 0 fully saturated rings. The molecule has 0 unspecified atom stereocenters. The van der Waals surface area contributed by atoms with Crippen molar-refractivity contribution in [2.24, 2.45) is 0 Å². The SMILES string of the molecule is CCc1ccc2c(c1)CNCO2. The van der Waals surface area contributed by atoms with Gasteiger partial charge in [-0.3, -0.25) is 5.32 Å². The first-order chi connectivity index (χ1) is 5.90. The van der Waals surface area contributed by atoms with E-state index < -0.39 is 0 Å². The average Bonchev–Trinajstić information content (AvgIpc) is 2.17. The third-order valence-corrected chi connectivity index (χ3v) is 2.18. The second-order valence-electron chi connectivity index (χ2n) is 3.01. The minimum atomic E-state index is 0.637. The summed E-state index contributed by atoms with van der Waals surface area (Å²) in [5.74, 6) is 1.03. The van der Waals surface area contributed by atoms with Gasteiger partial charge < -0.3 is 4.74 Å². The van der Waals surface area contributed by atoms with E-state index in [-0.39, 0.29) is 0 Å². The van der Waals surface area contributed by atoms with Crippen LogP contribution in [-0.4, -0.2) is 6.73 Å². The van der Waals surface area contributed by atoms with Gasteiger partial charge in [0.05, 0.1) is 0 Å². The van der Waals surface area contributed by atoms with Crippen LogP contribution in [0, 0.1) is 0 Å². The van der Waals surface area contributed by atoms with Crippen molar-refractivity contribution in [2.45, 2.75) is 19.9 Å². The number of aryl methyl sites for hydroxylation is 1. The fourth-order valence-electron chi connectivity index (χ4n) is 1.45. The van der Waals surface area contributed by atoms with E-state index in [9.17, 15) is 0 Å². The molecule has 0 aliphatic carbocycles. The van der Waals surface area contributed by atoms with Crippen LogP contribution < -0.4 is 10.1 Å². The van der Waals surface area contributed by atoms with E-state index in [2.05, 4.69) is 30.4 Å². The molecule has 1 heterocycles. The zero-order valence-electron chi connectivity index (χ0n) is 7.26. The molecule has 2 nitrogen and oxygen atoms in total. The zero-order valence-corrected chi connectivity index (χ0v) is 7.26. The lowest BCUT2D eigenvalue weighted by molar-refractivity contribution is 0.257. The first-order valence-electron chi connectivity index (χ1n) is 4.35. The standard InChI is InChI=1S/C10H13NO/c1-2-8-3-4-10-9(5-8)6-11-7-12-10/h3-5,11H,2,6-7H2,1H3. The van der Waals surface area contributed by atoms with E-state index in [4.69, 9.17) is 4.74 Å². The molecule has 1 aromatic carbocycles. The number of hydrogen-bond acceptors (Lipinski definition) is 2. The van der Waals surface area contributed by atoms with Crippen molar-refractivity contribution < 1.29 is 4.74 Å². The van der Waals surface area contributed by atoms with Gasteiger partial charge in [-0.05, 0) is 18.1 Å². The molecule has 12 heavy (non-hydrogen) atoms. The summed E-state index contributed by atoms with van der Waals surface area (Å²) < 4.78 is 5.41. The van der Waals surface area contributed by atoms with Crippen molar-refractivity contribution in [3.8, 4) is 5.75 Å². The zero-order chi connectivity index (χ0) is 8.39. The number of hydrogen-bond donors (Lipinski definition) is 1. The maximum Gasteiger partial charge on any atom is 0.139 e. The fourth-order valence-corrected chi connectivity index (χ4v) is 1.45. The highest BCUT2D eigenvalue weighted by atomic mass is 16.5. The van der Waals surface area contributed by atoms with Crippen LogP contribution in [0.3, 0.4) is 0 Å². The minimum absolute atomic E-state index is 0.637. The molecule has 0 saturated heterocycles. The molecule has 1 aromatic rings. The first kappa shape index (κ1) is 7.62. The Balaban J connectivity index is 2.36. The van der Waals surface area contributed by atoms with E-state index >= 15 is 0 Å². The van der Waals surface area contributed by atoms with Crippen molar-refractivity contribution in [3.63, 3.8) is 0 Å². The summed E-state index contributed by atoms with van der Waals surface area (Å²) >= 11 is 0. The van der Waals surface area contributed by atoms with Gasteiger partial charge >= 0.3 is 0 Å². The van der Waals surface area contributed by atoms with Gasteiger partial charge in [0.15, 0.2) is 0 Å². The summed E-state index contributed by atoms with van der Waals surface area (Å²) in [5, 5.41) is 3.17. The van der Waals surface area contributed by atoms with Crippen LogP contribution in [0.15, 0.2) is 18.2 Å². The maximum absolute atomic E-state index is 5.41. The fraction of sp³-hybridized carbons (Fsp3) is 0.400. The number of benzene rings is 1. The molecular weight excluding hydrogens is 150 g/mol. The van der Waals surface area contributed by atoms with E-state index in [1.54, 1.807) is 0 Å². The van der Waals surface area contributed by atoms with E-state index in [0.717, 1.165) is 18.7 Å². The Bertz CT molecular complexity index is 283. The van der Waals surface area contributed by atoms with Gasteiger partial charge in [-0.25, -0.2) is 0 Å². The third kappa shape index (κ3) is 1.30. The summed E-state index contributed by atoms with van der Waals surface area (Å²) in [4.78, 5) is 0.